The first-order valence-corrected chi connectivity index (χ1v) is 14.3. The van der Waals surface area contributed by atoms with Crippen LogP contribution < -0.4 is 4.74 Å². The molecular weight excluding hydrogens is 546 g/mol. The first-order valence-electron chi connectivity index (χ1n) is 14.3. The highest BCUT2D eigenvalue weighted by atomic mass is 16.5. The Bertz CT molecular complexity index is 1740. The van der Waals surface area contributed by atoms with Gasteiger partial charge in [0.05, 0.1) is 24.4 Å². The van der Waals surface area contributed by atoms with E-state index in [0.29, 0.717) is 28.0 Å². The topological polar surface area (TPSA) is 121 Å². The number of hydrogen-bond acceptors (Lipinski definition) is 7. The number of Topliss-reactive ketones (excluding diaryl/α,β-unsaturated/α-hetero) is 1. The second-order valence-electron chi connectivity index (χ2n) is 11.7. The highest BCUT2D eigenvalue weighted by molar-refractivity contribution is 6.31. The van der Waals surface area contributed by atoms with Crippen molar-refractivity contribution >= 4 is 29.0 Å². The Kier molecular flexibility index (Phi) is 6.21. The van der Waals surface area contributed by atoms with Crippen LogP contribution in [0.3, 0.4) is 0 Å². The van der Waals surface area contributed by atoms with E-state index in [1.54, 1.807) is 36.4 Å². The van der Waals surface area contributed by atoms with Crippen LogP contribution in [-0.2, 0) is 24.6 Å². The smallest absolute Gasteiger partial charge is 0.257 e. The van der Waals surface area contributed by atoms with Gasteiger partial charge in [-0.1, -0.05) is 78.4 Å². The molecule has 43 heavy (non-hydrogen) atoms. The normalized spacial score (nSPS) is 29.8. The largest absolute Gasteiger partial charge is 0.508 e. The molecule has 3 aromatic rings. The number of ketones is 2. The van der Waals surface area contributed by atoms with E-state index in [9.17, 15) is 29.5 Å². The summed E-state index contributed by atoms with van der Waals surface area (Å²) in [5, 5.41) is 22.0. The third-order valence-corrected chi connectivity index (χ3v) is 9.90. The summed E-state index contributed by atoms with van der Waals surface area (Å²) in [4.78, 5) is 55.9. The second kappa shape index (κ2) is 9.88. The van der Waals surface area contributed by atoms with Crippen LogP contribution in [-0.4, -0.2) is 45.9 Å². The number of ether oxygens (including phenoxy) is 1. The molecule has 8 nitrogen and oxygen atoms in total. The number of methoxy groups -OCH3 is 1. The number of phenols is 1. The van der Waals surface area contributed by atoms with E-state index in [2.05, 4.69) is 0 Å². The summed E-state index contributed by atoms with van der Waals surface area (Å²) in [7, 11) is 1.47. The van der Waals surface area contributed by atoms with Crippen molar-refractivity contribution in [3.63, 3.8) is 0 Å². The van der Waals surface area contributed by atoms with Crippen LogP contribution in [0, 0.1) is 23.7 Å². The molecule has 0 radical (unpaired) electrons. The van der Waals surface area contributed by atoms with Gasteiger partial charge in [0.1, 0.15) is 11.5 Å². The number of amides is 2. The number of phenolic OH excluding ortho intramolecular Hbond substituents is 1. The van der Waals surface area contributed by atoms with E-state index in [0.717, 1.165) is 0 Å². The molecule has 0 bridgehead atoms. The van der Waals surface area contributed by atoms with Crippen LogP contribution in [0.5, 0.6) is 11.5 Å². The Morgan fingerprint density at radius 3 is 2.26 bits per heavy atom. The molecule has 1 heterocycles. The first kappa shape index (κ1) is 27.0. The van der Waals surface area contributed by atoms with E-state index < -0.39 is 46.8 Å². The minimum Gasteiger partial charge on any atom is -0.508 e. The molecule has 1 saturated carbocycles. The zero-order chi connectivity index (χ0) is 30.0. The number of carbonyl (C=O) groups is 4. The Labute approximate surface area is 247 Å². The van der Waals surface area contributed by atoms with Gasteiger partial charge in [-0.2, -0.15) is 5.06 Å². The fraction of sp³-hybridized carbons (Fsp3) is 0.257. The van der Waals surface area contributed by atoms with Crippen molar-refractivity contribution in [3.05, 3.63) is 113 Å². The maximum atomic E-state index is 14.9. The number of nitrogens with zero attached hydrogens (tertiary/aromatic N) is 1. The molecule has 1 aliphatic heterocycles. The fourth-order valence-electron chi connectivity index (χ4n) is 8.17. The molecule has 3 aliphatic carbocycles. The summed E-state index contributed by atoms with van der Waals surface area (Å²) in [6.45, 7) is 0. The molecule has 6 atom stereocenters. The molecule has 8 heteroatoms. The number of fused-ring (bicyclic) bond motifs is 4. The van der Waals surface area contributed by atoms with Crippen molar-refractivity contribution in [1.82, 2.24) is 5.06 Å². The molecule has 0 unspecified atom stereocenters. The van der Waals surface area contributed by atoms with Crippen molar-refractivity contribution in [2.45, 2.75) is 24.2 Å². The van der Waals surface area contributed by atoms with Gasteiger partial charge in [-0.05, 0) is 48.1 Å². The minimum absolute atomic E-state index is 0.107. The van der Waals surface area contributed by atoms with Gasteiger partial charge in [-0.15, -0.1) is 0 Å². The maximum Gasteiger partial charge on any atom is 0.257 e. The molecule has 216 valence electrons. The number of hydroxylamine groups is 2. The number of aromatic hydroxyl groups is 1. The standard InChI is InChI=1S/C35H29NO7/c1-43-27-14-8-13-26(37)30(27)31-21-15-16-22-29(34(41)36(42)33(22)40)24(21)17-25-32(39)23(19-9-4-2-5-10-19)18-28(38)35(25,31)20-11-6-3-7-12-20/h2-15,18,22,24-25,29,31,37,42H,16-17H2,1H3/t22-,24+,25-,29-,31+,35-/m0/s1. The van der Waals surface area contributed by atoms with Gasteiger partial charge >= 0.3 is 0 Å². The molecule has 3 aromatic carbocycles. The van der Waals surface area contributed by atoms with Gasteiger partial charge in [-0.3, -0.25) is 24.4 Å². The van der Waals surface area contributed by atoms with E-state index in [1.807, 2.05) is 42.5 Å². The number of rotatable bonds is 4. The van der Waals surface area contributed by atoms with Crippen LogP contribution in [0.2, 0.25) is 0 Å². The van der Waals surface area contributed by atoms with Gasteiger partial charge in [0, 0.05) is 23.0 Å². The minimum atomic E-state index is -1.48. The molecule has 2 N–H and O–H groups in total. The predicted octanol–water partition coefficient (Wildman–Crippen LogP) is 4.61. The third kappa shape index (κ3) is 3.66. The number of allylic oxidation sites excluding steroid dienone is 4. The van der Waals surface area contributed by atoms with Gasteiger partial charge < -0.3 is 9.84 Å². The molecule has 1 saturated heterocycles. The Hall–Kier alpha value is -4.82. The third-order valence-electron chi connectivity index (χ3n) is 9.90. The summed E-state index contributed by atoms with van der Waals surface area (Å²) in [5.41, 5.74) is 1.02. The highest BCUT2D eigenvalue weighted by Gasteiger charge is 2.66. The van der Waals surface area contributed by atoms with E-state index >= 15 is 0 Å². The number of hydrogen-bond donors (Lipinski definition) is 2. The molecule has 7 rings (SSSR count). The maximum absolute atomic E-state index is 14.9. The molecule has 4 aliphatic rings. The van der Waals surface area contributed by atoms with Crippen LogP contribution in [0.1, 0.15) is 35.4 Å². The fourth-order valence-corrected chi connectivity index (χ4v) is 8.17. The summed E-state index contributed by atoms with van der Waals surface area (Å²) in [6, 6.07) is 23.0. The van der Waals surface area contributed by atoms with Crippen molar-refractivity contribution in [2.75, 3.05) is 7.11 Å². The lowest BCUT2D eigenvalue weighted by Gasteiger charge is -2.55. The van der Waals surface area contributed by atoms with E-state index in [-0.39, 0.29) is 40.8 Å². The number of benzene rings is 3. The van der Waals surface area contributed by atoms with Crippen molar-refractivity contribution in [2.24, 2.45) is 23.7 Å². The van der Waals surface area contributed by atoms with Crippen molar-refractivity contribution in [1.29, 1.82) is 0 Å². The Balaban J connectivity index is 1.56. The summed E-state index contributed by atoms with van der Waals surface area (Å²) in [6.07, 6.45) is 3.57. The van der Waals surface area contributed by atoms with Gasteiger partial charge in [0.2, 0.25) is 0 Å². The van der Waals surface area contributed by atoms with E-state index in [1.165, 1.54) is 19.3 Å². The number of carbonyl (C=O) groups excluding carboxylic acids is 4. The van der Waals surface area contributed by atoms with Crippen molar-refractivity contribution in [3.8, 4) is 11.5 Å². The van der Waals surface area contributed by atoms with Gasteiger partial charge in [0.25, 0.3) is 11.8 Å². The summed E-state index contributed by atoms with van der Waals surface area (Å²) < 4.78 is 5.75. The lowest BCUT2D eigenvalue weighted by Crippen LogP contribution is -2.58. The quantitative estimate of drug-likeness (QED) is 0.265. The van der Waals surface area contributed by atoms with E-state index in [4.69, 9.17) is 4.74 Å². The molecule has 0 spiro atoms. The summed E-state index contributed by atoms with van der Waals surface area (Å²) >= 11 is 0. The van der Waals surface area contributed by atoms with Crippen LogP contribution in [0.15, 0.2) is 96.6 Å². The zero-order valence-corrected chi connectivity index (χ0v) is 23.3. The zero-order valence-electron chi connectivity index (χ0n) is 23.3. The van der Waals surface area contributed by atoms with Crippen LogP contribution >= 0.6 is 0 Å². The van der Waals surface area contributed by atoms with Crippen LogP contribution in [0.4, 0.5) is 0 Å². The monoisotopic (exact) mass is 575 g/mol. The number of imide groups is 1. The van der Waals surface area contributed by atoms with Crippen LogP contribution in [0.25, 0.3) is 5.57 Å². The molecule has 2 amide bonds. The van der Waals surface area contributed by atoms with Crippen molar-refractivity contribution < 1.29 is 34.2 Å². The molecular formula is C35H29NO7. The highest BCUT2D eigenvalue weighted by Crippen LogP contribution is 2.65. The summed E-state index contributed by atoms with van der Waals surface area (Å²) in [5.74, 6) is -5.90. The predicted molar refractivity (Wildman–Crippen MR) is 155 cm³/mol. The van der Waals surface area contributed by atoms with Gasteiger partial charge in [-0.25, -0.2) is 0 Å². The second-order valence-corrected chi connectivity index (χ2v) is 11.7. The Morgan fingerprint density at radius 2 is 1.56 bits per heavy atom. The molecule has 2 fully saturated rings. The average Bonchev–Trinajstić information content (AvgIpc) is 3.26. The Morgan fingerprint density at radius 1 is 0.860 bits per heavy atom. The SMILES string of the molecule is COc1cccc(O)c1[C@H]1C2=CC[C@@H]3C(=O)N(O)C(=O)[C@@H]3[C@@H]2C[C@H]2C(=O)C(c3ccccc3)=CC(=O)[C@@]12c1ccccc1. The first-order chi connectivity index (χ1) is 20.8. The lowest BCUT2D eigenvalue weighted by molar-refractivity contribution is -0.173. The molecule has 0 aromatic heterocycles. The average molecular weight is 576 g/mol. The lowest BCUT2D eigenvalue weighted by atomic mass is 9.44. The van der Waals surface area contributed by atoms with Gasteiger partial charge in [0.15, 0.2) is 11.6 Å².